The Morgan fingerprint density at radius 1 is 1.04 bits per heavy atom. The Labute approximate surface area is 153 Å². The molecular weight excluding hydrogens is 354 g/mol. The number of anilines is 1. The average Bonchev–Trinajstić information content (AvgIpc) is 2.65. The molecule has 0 amide bonds. The molecule has 0 aromatic heterocycles. The number of hydrogen-bond acceptors (Lipinski definition) is 5. The summed E-state index contributed by atoms with van der Waals surface area (Å²) in [6, 6.07) is 13.0. The molecule has 0 bridgehead atoms. The number of methoxy groups -OCH3 is 1. The zero-order valence-corrected chi connectivity index (χ0v) is 15.7. The quantitative estimate of drug-likeness (QED) is 0.549. The predicted molar refractivity (Wildman–Crippen MR) is 98.6 cm³/mol. The Morgan fingerprint density at radius 2 is 1.62 bits per heavy atom. The first-order valence-electron chi connectivity index (χ1n) is 8.11. The zero-order chi connectivity index (χ0) is 19.3. The summed E-state index contributed by atoms with van der Waals surface area (Å²) in [5.41, 5.74) is 0.774. The predicted octanol–water partition coefficient (Wildman–Crippen LogP) is 3.04. The second-order valence-electron chi connectivity index (χ2n) is 5.66. The molecular formula is C19H21NO5S. The van der Waals surface area contributed by atoms with Crippen LogP contribution >= 0.6 is 0 Å². The minimum Gasteiger partial charge on any atom is -0.467 e. The number of benzene rings is 2. The van der Waals surface area contributed by atoms with Crippen LogP contribution in [0.5, 0.6) is 0 Å². The van der Waals surface area contributed by atoms with Gasteiger partial charge in [-0.3, -0.25) is 9.10 Å². The number of esters is 1. The highest BCUT2D eigenvalue weighted by Crippen LogP contribution is 2.28. The van der Waals surface area contributed by atoms with Crippen molar-refractivity contribution >= 4 is 27.5 Å². The van der Waals surface area contributed by atoms with Gasteiger partial charge >= 0.3 is 5.97 Å². The molecule has 0 heterocycles. The first-order valence-corrected chi connectivity index (χ1v) is 9.55. The molecule has 2 aromatic rings. The van der Waals surface area contributed by atoms with E-state index in [1.165, 1.54) is 38.3 Å². The Balaban J connectivity index is 2.59. The normalized spacial score (nSPS) is 12.3. The summed E-state index contributed by atoms with van der Waals surface area (Å²) in [4.78, 5) is 23.6. The summed E-state index contributed by atoms with van der Waals surface area (Å²) >= 11 is 0. The minimum absolute atomic E-state index is 0.00583. The summed E-state index contributed by atoms with van der Waals surface area (Å²) in [6.07, 6.45) is 0.242. The topological polar surface area (TPSA) is 80.8 Å². The van der Waals surface area contributed by atoms with Crippen molar-refractivity contribution in [1.29, 1.82) is 0 Å². The second kappa shape index (κ2) is 8.14. The molecule has 2 aromatic carbocycles. The van der Waals surface area contributed by atoms with Crippen molar-refractivity contribution in [3.63, 3.8) is 0 Å². The Bertz CT molecular complexity index is 876. The molecule has 0 saturated carbocycles. The molecule has 7 heteroatoms. The van der Waals surface area contributed by atoms with E-state index < -0.39 is 22.0 Å². The van der Waals surface area contributed by atoms with Gasteiger partial charge in [-0.25, -0.2) is 13.2 Å². The molecule has 0 aliphatic heterocycles. The number of ether oxygens (including phenoxy) is 1. The highest BCUT2D eigenvalue weighted by Gasteiger charge is 2.35. The van der Waals surface area contributed by atoms with Crippen LogP contribution in [0.2, 0.25) is 0 Å². The fourth-order valence-electron chi connectivity index (χ4n) is 2.60. The Kier molecular flexibility index (Phi) is 6.15. The van der Waals surface area contributed by atoms with E-state index in [0.29, 0.717) is 11.3 Å². The van der Waals surface area contributed by atoms with Gasteiger partial charge in [-0.1, -0.05) is 37.3 Å². The van der Waals surface area contributed by atoms with Gasteiger partial charge in [0.2, 0.25) is 0 Å². The molecule has 138 valence electrons. The molecule has 1 atom stereocenters. The van der Waals surface area contributed by atoms with E-state index in [4.69, 9.17) is 4.74 Å². The number of sulfonamides is 1. The number of para-hydroxylation sites is 1. The van der Waals surface area contributed by atoms with Gasteiger partial charge in [-0.05, 0) is 37.6 Å². The van der Waals surface area contributed by atoms with Crippen molar-refractivity contribution in [3.05, 3.63) is 60.2 Å². The lowest BCUT2D eigenvalue weighted by molar-refractivity contribution is -0.142. The number of carbonyl (C=O) groups is 2. The molecule has 0 fully saturated rings. The number of nitrogens with zero attached hydrogens (tertiary/aromatic N) is 1. The van der Waals surface area contributed by atoms with Crippen molar-refractivity contribution in [3.8, 4) is 0 Å². The van der Waals surface area contributed by atoms with Crippen LogP contribution in [0.1, 0.15) is 30.6 Å². The number of rotatable bonds is 7. The lowest BCUT2D eigenvalue weighted by atomic mass is 10.2. The summed E-state index contributed by atoms with van der Waals surface area (Å²) in [5.74, 6) is -0.796. The standard InChI is InChI=1S/C19H21NO5S/c1-4-18(19(22)25-3)20(16-8-6-5-7-9-16)26(23,24)17-12-10-15(11-13-17)14(2)21/h5-13,18H,4H2,1-3H3/t18-/m1/s1. The first kappa shape index (κ1) is 19.7. The lowest BCUT2D eigenvalue weighted by Gasteiger charge is -2.30. The van der Waals surface area contributed by atoms with Gasteiger partial charge in [0.1, 0.15) is 6.04 Å². The van der Waals surface area contributed by atoms with Crippen molar-refractivity contribution < 1.29 is 22.7 Å². The van der Waals surface area contributed by atoms with E-state index in [1.807, 2.05) is 0 Å². The largest absolute Gasteiger partial charge is 0.467 e. The van der Waals surface area contributed by atoms with Gasteiger partial charge in [0.15, 0.2) is 5.78 Å². The van der Waals surface area contributed by atoms with Gasteiger partial charge in [-0.15, -0.1) is 0 Å². The molecule has 0 aliphatic rings. The second-order valence-corrected chi connectivity index (χ2v) is 7.48. The van der Waals surface area contributed by atoms with Crippen LogP contribution in [0.3, 0.4) is 0 Å². The maximum Gasteiger partial charge on any atom is 0.329 e. The SMILES string of the molecule is CC[C@H](C(=O)OC)N(c1ccccc1)S(=O)(=O)c1ccc(C(C)=O)cc1. The van der Waals surface area contributed by atoms with Crippen LogP contribution in [0.15, 0.2) is 59.5 Å². The van der Waals surface area contributed by atoms with Crippen LogP contribution < -0.4 is 4.31 Å². The number of hydrogen-bond donors (Lipinski definition) is 0. The number of Topliss-reactive ketones (excluding diaryl/α,β-unsaturated/α-hetero) is 1. The van der Waals surface area contributed by atoms with Crippen molar-refractivity contribution in [2.24, 2.45) is 0 Å². The maximum atomic E-state index is 13.3. The first-order chi connectivity index (χ1) is 12.3. The van der Waals surface area contributed by atoms with Gasteiger partial charge < -0.3 is 4.74 Å². The van der Waals surface area contributed by atoms with E-state index in [1.54, 1.807) is 37.3 Å². The van der Waals surface area contributed by atoms with Crippen molar-refractivity contribution in [2.45, 2.75) is 31.2 Å². The summed E-state index contributed by atoms with van der Waals surface area (Å²) in [5, 5.41) is 0. The zero-order valence-electron chi connectivity index (χ0n) is 14.9. The van der Waals surface area contributed by atoms with Gasteiger partial charge in [-0.2, -0.15) is 0 Å². The van der Waals surface area contributed by atoms with Crippen LogP contribution in [-0.4, -0.2) is 33.3 Å². The number of ketones is 1. The molecule has 0 N–H and O–H groups in total. The van der Waals surface area contributed by atoms with E-state index in [2.05, 4.69) is 0 Å². The van der Waals surface area contributed by atoms with Crippen LogP contribution in [0.25, 0.3) is 0 Å². The van der Waals surface area contributed by atoms with Gasteiger partial charge in [0.05, 0.1) is 17.7 Å². The van der Waals surface area contributed by atoms with Crippen LogP contribution in [-0.2, 0) is 19.6 Å². The third-order valence-corrected chi connectivity index (χ3v) is 5.82. The maximum absolute atomic E-state index is 13.3. The third kappa shape index (κ3) is 3.94. The molecule has 6 nitrogen and oxygen atoms in total. The molecule has 0 saturated heterocycles. The van der Waals surface area contributed by atoms with Crippen LogP contribution in [0.4, 0.5) is 5.69 Å². The van der Waals surface area contributed by atoms with Crippen molar-refractivity contribution in [2.75, 3.05) is 11.4 Å². The van der Waals surface area contributed by atoms with E-state index in [0.717, 1.165) is 4.31 Å². The van der Waals surface area contributed by atoms with E-state index >= 15 is 0 Å². The highest BCUT2D eigenvalue weighted by atomic mass is 32.2. The fourth-order valence-corrected chi connectivity index (χ4v) is 4.28. The Hall–Kier alpha value is -2.67. The fraction of sp³-hybridized carbons (Fsp3) is 0.263. The minimum atomic E-state index is -4.04. The molecule has 0 radical (unpaired) electrons. The summed E-state index contributed by atoms with van der Waals surface area (Å²) in [6.45, 7) is 3.12. The number of carbonyl (C=O) groups excluding carboxylic acids is 2. The van der Waals surface area contributed by atoms with Gasteiger partial charge in [0, 0.05) is 5.56 Å². The molecule has 26 heavy (non-hydrogen) atoms. The van der Waals surface area contributed by atoms with Crippen LogP contribution in [0, 0.1) is 0 Å². The Morgan fingerprint density at radius 3 is 2.08 bits per heavy atom. The highest BCUT2D eigenvalue weighted by molar-refractivity contribution is 7.93. The van der Waals surface area contributed by atoms with Crippen molar-refractivity contribution in [1.82, 2.24) is 0 Å². The van der Waals surface area contributed by atoms with Gasteiger partial charge in [0.25, 0.3) is 10.0 Å². The van der Waals surface area contributed by atoms with E-state index in [9.17, 15) is 18.0 Å². The molecule has 0 unspecified atom stereocenters. The monoisotopic (exact) mass is 375 g/mol. The summed E-state index contributed by atoms with van der Waals surface area (Å²) < 4.78 is 32.4. The van der Waals surface area contributed by atoms with E-state index in [-0.39, 0.29) is 17.1 Å². The average molecular weight is 375 g/mol. The summed E-state index contributed by atoms with van der Waals surface area (Å²) in [7, 11) is -2.82. The molecule has 0 spiro atoms. The smallest absolute Gasteiger partial charge is 0.329 e. The third-order valence-electron chi connectivity index (χ3n) is 3.97. The molecule has 0 aliphatic carbocycles. The lowest BCUT2D eigenvalue weighted by Crippen LogP contribution is -2.45. The molecule has 2 rings (SSSR count).